The smallest absolute Gasteiger partial charge is 0.247 e. The molecule has 216 valence electrons. The molecule has 0 heterocycles. The van der Waals surface area contributed by atoms with E-state index in [9.17, 15) is 29.4 Å². The summed E-state index contributed by atoms with van der Waals surface area (Å²) in [7, 11) is 1.43. The van der Waals surface area contributed by atoms with Crippen molar-refractivity contribution in [1.82, 2.24) is 10.2 Å². The predicted molar refractivity (Wildman–Crippen MR) is 154 cm³/mol. The number of nitrogens with zero attached hydrogens (tertiary/aromatic N) is 1. The van der Waals surface area contributed by atoms with E-state index >= 15 is 0 Å². The summed E-state index contributed by atoms with van der Waals surface area (Å²) >= 11 is 2.00. The summed E-state index contributed by atoms with van der Waals surface area (Å²) < 4.78 is 12.2. The Hall–Kier alpha value is -2.51. The number of aliphatic hydroxyl groups is 2. The van der Waals surface area contributed by atoms with Crippen molar-refractivity contribution in [2.24, 2.45) is 5.92 Å². The molecule has 0 fully saturated rings. The molecule has 1 aromatic carbocycles. The van der Waals surface area contributed by atoms with E-state index in [0.717, 1.165) is 0 Å². The monoisotopic (exact) mass is 658 g/mol. The first-order valence-corrected chi connectivity index (χ1v) is 14.2. The van der Waals surface area contributed by atoms with Gasteiger partial charge in [-0.3, -0.25) is 14.4 Å². The van der Waals surface area contributed by atoms with E-state index in [1.54, 1.807) is 11.0 Å². The van der Waals surface area contributed by atoms with Gasteiger partial charge in [-0.1, -0.05) is 13.8 Å². The average Bonchev–Trinajstić information content (AvgIpc) is 2.89. The molecule has 3 atom stereocenters. The number of rotatable bonds is 15. The zero-order valence-electron chi connectivity index (χ0n) is 22.9. The Morgan fingerprint density at radius 3 is 2.56 bits per heavy atom. The van der Waals surface area contributed by atoms with Gasteiger partial charge in [0, 0.05) is 43.5 Å². The molecule has 2 rings (SSSR count). The number of carbonyl (C=O) groups excluding carboxylic acids is 4. The summed E-state index contributed by atoms with van der Waals surface area (Å²) in [4.78, 5) is 50.7. The second-order valence-corrected chi connectivity index (χ2v) is 11.2. The maximum atomic E-state index is 13.4. The van der Waals surface area contributed by atoms with Crippen LogP contribution < -0.4 is 14.8 Å². The Balaban J connectivity index is 2.47. The van der Waals surface area contributed by atoms with E-state index in [2.05, 4.69) is 5.32 Å². The number of amides is 2. The van der Waals surface area contributed by atoms with E-state index in [1.807, 2.05) is 36.4 Å². The van der Waals surface area contributed by atoms with Crippen LogP contribution in [0.5, 0.6) is 11.5 Å². The second-order valence-electron chi connectivity index (χ2n) is 9.99. The van der Waals surface area contributed by atoms with E-state index in [0.29, 0.717) is 46.1 Å². The minimum atomic E-state index is -1.19. The lowest BCUT2D eigenvalue weighted by molar-refractivity contribution is -0.139. The number of aldehydes is 1. The van der Waals surface area contributed by atoms with Crippen molar-refractivity contribution in [2.75, 3.05) is 26.8 Å². The van der Waals surface area contributed by atoms with Crippen molar-refractivity contribution in [3.8, 4) is 11.5 Å². The highest BCUT2D eigenvalue weighted by molar-refractivity contribution is 14.1. The number of hydrogen-bond acceptors (Lipinski definition) is 8. The highest BCUT2D eigenvalue weighted by Crippen LogP contribution is 2.37. The molecule has 11 heteroatoms. The number of hydrogen-bond donors (Lipinski definition) is 3. The van der Waals surface area contributed by atoms with Gasteiger partial charge >= 0.3 is 0 Å². The molecule has 39 heavy (non-hydrogen) atoms. The Kier molecular flexibility index (Phi) is 13.4. The van der Waals surface area contributed by atoms with Gasteiger partial charge in [0.2, 0.25) is 11.8 Å². The van der Waals surface area contributed by atoms with E-state index < -0.39 is 24.2 Å². The quantitative estimate of drug-likeness (QED) is 0.193. The van der Waals surface area contributed by atoms with Gasteiger partial charge in [-0.05, 0) is 66.5 Å². The third-order valence-corrected chi connectivity index (χ3v) is 7.24. The van der Waals surface area contributed by atoms with Crippen LogP contribution in [-0.4, -0.2) is 84.1 Å². The molecule has 1 aliphatic rings. The number of methoxy groups -OCH3 is 1. The zero-order chi connectivity index (χ0) is 29.1. The molecule has 0 saturated carbocycles. The van der Waals surface area contributed by atoms with E-state index in [-0.39, 0.29) is 55.8 Å². The normalized spacial score (nSPS) is 18.8. The van der Waals surface area contributed by atoms with Crippen molar-refractivity contribution in [3.63, 3.8) is 0 Å². The summed E-state index contributed by atoms with van der Waals surface area (Å²) in [5, 5.41) is 23.3. The standard InChI is InChI=1S/C28H39IN2O8/c1-17(2)8-10-31(25(35)7-5-6-18(3)34)22-14-20(28(37)30-9-11-32)15-23(26(22)36)39-27-21(29)12-19(16-33)13-24(27)38-4/h12-13,15-17,22-23,26,32,36H,5-11,14H2,1-4H3,(H,30,37)/t22-,23+,26+/m1/s1. The molecule has 0 spiro atoms. The number of aliphatic hydroxyl groups excluding tert-OH is 2. The first kappa shape index (κ1) is 32.7. The fourth-order valence-electron chi connectivity index (χ4n) is 4.34. The van der Waals surface area contributed by atoms with E-state index in [1.165, 1.54) is 26.2 Å². The van der Waals surface area contributed by atoms with Crippen LogP contribution in [0.25, 0.3) is 0 Å². The number of ether oxygens (including phenoxy) is 2. The highest BCUT2D eigenvalue weighted by atomic mass is 127. The van der Waals surface area contributed by atoms with Crippen molar-refractivity contribution >= 4 is 46.5 Å². The van der Waals surface area contributed by atoms with Gasteiger partial charge < -0.3 is 34.7 Å². The van der Waals surface area contributed by atoms with Gasteiger partial charge in [-0.2, -0.15) is 0 Å². The second kappa shape index (κ2) is 15.9. The van der Waals surface area contributed by atoms with Crippen LogP contribution in [-0.2, 0) is 14.4 Å². The van der Waals surface area contributed by atoms with Crippen LogP contribution in [0.4, 0.5) is 0 Å². The molecular formula is C28H39IN2O8. The van der Waals surface area contributed by atoms with Crippen LogP contribution >= 0.6 is 22.6 Å². The summed E-state index contributed by atoms with van der Waals surface area (Å²) in [6.07, 6.45) is 1.60. The van der Waals surface area contributed by atoms with Crippen LogP contribution in [0, 0.1) is 9.49 Å². The maximum Gasteiger partial charge on any atom is 0.247 e. The van der Waals surface area contributed by atoms with Crippen molar-refractivity contribution < 1.29 is 38.9 Å². The van der Waals surface area contributed by atoms with Crippen molar-refractivity contribution in [1.29, 1.82) is 0 Å². The Morgan fingerprint density at radius 1 is 1.26 bits per heavy atom. The van der Waals surface area contributed by atoms with Crippen LogP contribution in [0.2, 0.25) is 0 Å². The van der Waals surface area contributed by atoms with Gasteiger partial charge in [0.05, 0.1) is 23.3 Å². The topological polar surface area (TPSA) is 142 Å². The lowest BCUT2D eigenvalue weighted by Crippen LogP contribution is -2.55. The Morgan fingerprint density at radius 2 is 1.97 bits per heavy atom. The number of halogens is 1. The zero-order valence-corrected chi connectivity index (χ0v) is 25.1. The molecule has 1 aromatic rings. The molecule has 0 unspecified atom stereocenters. The minimum absolute atomic E-state index is 0.00221. The molecule has 0 bridgehead atoms. The number of carbonyl (C=O) groups is 4. The van der Waals surface area contributed by atoms with Crippen molar-refractivity contribution in [2.45, 2.75) is 71.1 Å². The molecule has 10 nitrogen and oxygen atoms in total. The Bertz CT molecular complexity index is 1060. The number of benzene rings is 1. The minimum Gasteiger partial charge on any atom is -0.493 e. The third-order valence-electron chi connectivity index (χ3n) is 6.44. The number of nitrogens with one attached hydrogen (secondary N) is 1. The predicted octanol–water partition coefficient (Wildman–Crippen LogP) is 2.66. The molecule has 3 N–H and O–H groups in total. The lowest BCUT2D eigenvalue weighted by Gasteiger charge is -2.41. The highest BCUT2D eigenvalue weighted by Gasteiger charge is 2.40. The van der Waals surface area contributed by atoms with Gasteiger partial charge in [-0.25, -0.2) is 0 Å². The summed E-state index contributed by atoms with van der Waals surface area (Å²) in [5.74, 6) is 0.226. The Labute approximate surface area is 243 Å². The van der Waals surface area contributed by atoms with Gasteiger partial charge in [-0.15, -0.1) is 0 Å². The summed E-state index contributed by atoms with van der Waals surface area (Å²) in [6.45, 7) is 5.73. The molecular weight excluding hydrogens is 619 g/mol. The third kappa shape index (κ3) is 9.57. The van der Waals surface area contributed by atoms with Crippen LogP contribution in [0.3, 0.4) is 0 Å². The fourth-order valence-corrected chi connectivity index (χ4v) is 5.10. The van der Waals surface area contributed by atoms with Crippen LogP contribution in [0.1, 0.15) is 63.2 Å². The average molecular weight is 659 g/mol. The van der Waals surface area contributed by atoms with E-state index in [4.69, 9.17) is 9.47 Å². The largest absolute Gasteiger partial charge is 0.493 e. The van der Waals surface area contributed by atoms with Gasteiger partial charge in [0.15, 0.2) is 11.5 Å². The first-order chi connectivity index (χ1) is 18.5. The molecule has 0 aliphatic heterocycles. The molecule has 0 aromatic heterocycles. The molecule has 2 amide bonds. The van der Waals surface area contributed by atoms with Gasteiger partial charge in [0.25, 0.3) is 0 Å². The van der Waals surface area contributed by atoms with Gasteiger partial charge in [0.1, 0.15) is 24.3 Å². The van der Waals surface area contributed by atoms with Crippen molar-refractivity contribution in [3.05, 3.63) is 32.9 Å². The lowest BCUT2D eigenvalue weighted by atomic mass is 9.87. The van der Waals surface area contributed by atoms with Crippen LogP contribution in [0.15, 0.2) is 23.8 Å². The molecule has 1 aliphatic carbocycles. The SMILES string of the molecule is COc1cc(C=O)cc(I)c1O[C@H]1C=C(C(=O)NCCO)C[C@@H](N(CCC(C)C)C(=O)CCCC(C)=O)[C@@H]1O. The number of Topliss-reactive ketones (excluding diaryl/α,β-unsaturated/α-hetero) is 1. The number of ketones is 1. The first-order valence-electron chi connectivity index (χ1n) is 13.1. The molecule has 0 radical (unpaired) electrons. The summed E-state index contributed by atoms with van der Waals surface area (Å²) in [6, 6.07) is 2.37. The maximum absolute atomic E-state index is 13.4. The fraction of sp³-hybridized carbons (Fsp3) is 0.571. The molecule has 0 saturated heterocycles. The summed E-state index contributed by atoms with van der Waals surface area (Å²) in [5.41, 5.74) is 0.703.